The van der Waals surface area contributed by atoms with Crippen LogP contribution in [0.5, 0.6) is 0 Å². The van der Waals surface area contributed by atoms with Crippen molar-refractivity contribution in [3.63, 3.8) is 0 Å². The molecule has 0 spiro atoms. The van der Waals surface area contributed by atoms with Gasteiger partial charge in [-0.05, 0) is 25.0 Å². The Hall–Kier alpha value is -1.44. The van der Waals surface area contributed by atoms with E-state index in [0.717, 1.165) is 19.4 Å². The van der Waals surface area contributed by atoms with Gasteiger partial charge in [-0.25, -0.2) is 0 Å². The highest BCUT2D eigenvalue weighted by molar-refractivity contribution is 7.17. The third-order valence-electron chi connectivity index (χ3n) is 2.89. The minimum absolute atomic E-state index is 0.108. The fraction of sp³-hybridized carbons (Fsp3) is 0.417. The lowest BCUT2D eigenvalue weighted by molar-refractivity contribution is 0.0835. The molecule has 0 bridgehead atoms. The molecule has 0 aromatic carbocycles. The number of nitrogens with one attached hydrogen (secondary N) is 1. The average Bonchev–Trinajstić information content (AvgIpc) is 3.16. The molecule has 106 valence electrons. The Bertz CT molecular complexity index is 607. The van der Waals surface area contributed by atoms with Crippen LogP contribution in [0.1, 0.15) is 40.3 Å². The van der Waals surface area contributed by atoms with Gasteiger partial charge in [0.2, 0.25) is 0 Å². The lowest BCUT2D eigenvalue weighted by atomic mass is 10.2. The maximum Gasteiger partial charge on any atom is 0.261 e. The summed E-state index contributed by atoms with van der Waals surface area (Å²) in [5.41, 5.74) is 0. The van der Waals surface area contributed by atoms with E-state index >= 15 is 0 Å². The minimum Gasteiger partial charge on any atom is -0.368 e. The van der Waals surface area contributed by atoms with Gasteiger partial charge in [0, 0.05) is 6.61 Å². The fourth-order valence-electron chi connectivity index (χ4n) is 1.93. The number of hydrogen-bond donors (Lipinski definition) is 1. The largest absolute Gasteiger partial charge is 0.368 e. The topological polar surface area (TPSA) is 77.2 Å². The van der Waals surface area contributed by atoms with Crippen LogP contribution in [0.3, 0.4) is 0 Å². The van der Waals surface area contributed by atoms with Gasteiger partial charge in [-0.15, -0.1) is 11.3 Å². The molecule has 2 aromatic rings. The van der Waals surface area contributed by atoms with Gasteiger partial charge in [-0.3, -0.25) is 4.79 Å². The highest BCUT2D eigenvalue weighted by Crippen LogP contribution is 2.26. The quantitative estimate of drug-likeness (QED) is 0.938. The molecular weight excluding hydrogens is 302 g/mol. The maximum absolute atomic E-state index is 11.8. The van der Waals surface area contributed by atoms with E-state index in [2.05, 4.69) is 15.5 Å². The molecule has 0 radical (unpaired) electrons. The van der Waals surface area contributed by atoms with E-state index in [9.17, 15) is 4.79 Å². The van der Waals surface area contributed by atoms with Crippen molar-refractivity contribution >= 4 is 28.8 Å². The zero-order valence-corrected chi connectivity index (χ0v) is 12.0. The number of thiophene rings is 1. The van der Waals surface area contributed by atoms with E-state index in [4.69, 9.17) is 20.9 Å². The predicted molar refractivity (Wildman–Crippen MR) is 72.7 cm³/mol. The minimum atomic E-state index is -0.203. The zero-order valence-electron chi connectivity index (χ0n) is 10.5. The van der Waals surface area contributed by atoms with Crippen LogP contribution in [0.2, 0.25) is 4.34 Å². The lowest BCUT2D eigenvalue weighted by Crippen LogP contribution is -2.22. The second-order valence-corrected chi connectivity index (χ2v) is 6.05. The first-order valence-corrected chi connectivity index (χ1v) is 7.39. The summed E-state index contributed by atoms with van der Waals surface area (Å²) in [5.74, 6) is 0.711. The summed E-state index contributed by atoms with van der Waals surface area (Å²) in [5, 5.41) is 6.55. The number of carbonyl (C=O) groups excluding carboxylic acids is 1. The lowest BCUT2D eigenvalue weighted by Gasteiger charge is -2.01. The Balaban J connectivity index is 1.57. The number of carbonyl (C=O) groups is 1. The van der Waals surface area contributed by atoms with Gasteiger partial charge in [-0.1, -0.05) is 16.8 Å². The van der Waals surface area contributed by atoms with Gasteiger partial charge in [0.1, 0.15) is 6.10 Å². The van der Waals surface area contributed by atoms with E-state index in [1.807, 2.05) is 0 Å². The molecule has 3 heterocycles. The van der Waals surface area contributed by atoms with Gasteiger partial charge >= 0.3 is 0 Å². The number of halogens is 1. The van der Waals surface area contributed by atoms with Gasteiger partial charge in [0.05, 0.1) is 15.8 Å². The van der Waals surface area contributed by atoms with Crippen LogP contribution in [0.15, 0.2) is 16.7 Å². The highest BCUT2D eigenvalue weighted by Gasteiger charge is 2.23. The third-order valence-corrected chi connectivity index (χ3v) is 4.12. The van der Waals surface area contributed by atoms with Crippen molar-refractivity contribution in [1.82, 2.24) is 15.5 Å². The van der Waals surface area contributed by atoms with Gasteiger partial charge < -0.3 is 14.6 Å². The SMILES string of the molecule is O=C(NCc1noc([C@H]2CCCO2)n1)c1ccc(Cl)s1. The van der Waals surface area contributed by atoms with Crippen molar-refractivity contribution in [3.05, 3.63) is 33.1 Å². The smallest absolute Gasteiger partial charge is 0.261 e. The number of nitrogens with zero attached hydrogens (tertiary/aromatic N) is 2. The van der Waals surface area contributed by atoms with Crippen LogP contribution in [0, 0.1) is 0 Å². The summed E-state index contributed by atoms with van der Waals surface area (Å²) < 4.78 is 11.2. The summed E-state index contributed by atoms with van der Waals surface area (Å²) in [6, 6.07) is 3.36. The molecule has 2 aromatic heterocycles. The summed E-state index contributed by atoms with van der Waals surface area (Å²) in [7, 11) is 0. The molecule has 0 aliphatic carbocycles. The Morgan fingerprint density at radius 2 is 2.45 bits per heavy atom. The number of ether oxygens (including phenoxy) is 1. The van der Waals surface area contributed by atoms with E-state index in [-0.39, 0.29) is 18.6 Å². The zero-order chi connectivity index (χ0) is 13.9. The predicted octanol–water partition coefficient (Wildman–Crippen LogP) is 2.57. The van der Waals surface area contributed by atoms with Gasteiger partial charge in [0.15, 0.2) is 5.82 Å². The van der Waals surface area contributed by atoms with E-state index in [1.165, 1.54) is 11.3 Å². The Morgan fingerprint density at radius 1 is 1.55 bits per heavy atom. The van der Waals surface area contributed by atoms with Gasteiger partial charge in [-0.2, -0.15) is 4.98 Å². The number of rotatable bonds is 4. The highest BCUT2D eigenvalue weighted by atomic mass is 35.5. The first-order chi connectivity index (χ1) is 9.72. The first kappa shape index (κ1) is 13.5. The summed E-state index contributed by atoms with van der Waals surface area (Å²) in [4.78, 5) is 16.6. The molecule has 20 heavy (non-hydrogen) atoms. The van der Waals surface area contributed by atoms with Crippen LogP contribution in [-0.4, -0.2) is 22.7 Å². The first-order valence-electron chi connectivity index (χ1n) is 6.20. The maximum atomic E-state index is 11.8. The second kappa shape index (κ2) is 5.90. The van der Waals surface area contributed by atoms with Crippen molar-refractivity contribution in [2.24, 2.45) is 0 Å². The van der Waals surface area contributed by atoms with Crippen LogP contribution >= 0.6 is 22.9 Å². The molecule has 1 amide bonds. The van der Waals surface area contributed by atoms with Crippen molar-refractivity contribution in [2.75, 3.05) is 6.61 Å². The average molecular weight is 314 g/mol. The number of aromatic nitrogens is 2. The van der Waals surface area contributed by atoms with Gasteiger partial charge in [0.25, 0.3) is 11.8 Å². The van der Waals surface area contributed by atoms with E-state index in [1.54, 1.807) is 12.1 Å². The molecule has 6 nitrogen and oxygen atoms in total. The number of hydrogen-bond acceptors (Lipinski definition) is 6. The fourth-order valence-corrected chi connectivity index (χ4v) is 2.88. The van der Waals surface area contributed by atoms with Crippen LogP contribution in [0.4, 0.5) is 0 Å². The molecule has 1 aliphatic heterocycles. The van der Waals surface area contributed by atoms with Crippen molar-refractivity contribution in [3.8, 4) is 0 Å². The molecule has 1 N–H and O–H groups in total. The van der Waals surface area contributed by atoms with Crippen LogP contribution in [-0.2, 0) is 11.3 Å². The molecular formula is C12H12ClN3O3S. The normalized spacial score (nSPS) is 18.4. The molecule has 1 saturated heterocycles. The molecule has 8 heteroatoms. The molecule has 3 rings (SSSR count). The summed E-state index contributed by atoms with van der Waals surface area (Å²) in [6.07, 6.45) is 1.78. The summed E-state index contributed by atoms with van der Waals surface area (Å²) in [6.45, 7) is 0.933. The molecule has 1 atom stereocenters. The van der Waals surface area contributed by atoms with Crippen molar-refractivity contribution in [1.29, 1.82) is 0 Å². The molecule has 1 fully saturated rings. The Labute approximate surface area is 124 Å². The van der Waals surface area contributed by atoms with E-state index < -0.39 is 0 Å². The third kappa shape index (κ3) is 3.00. The van der Waals surface area contributed by atoms with Crippen LogP contribution < -0.4 is 5.32 Å². The monoisotopic (exact) mass is 313 g/mol. The molecule has 0 unspecified atom stereocenters. The number of amides is 1. The summed E-state index contributed by atoms with van der Waals surface area (Å²) >= 11 is 7.01. The molecule has 1 aliphatic rings. The second-order valence-electron chi connectivity index (χ2n) is 4.34. The molecule has 0 saturated carbocycles. The Kier molecular flexibility index (Phi) is 4.00. The Morgan fingerprint density at radius 3 is 3.15 bits per heavy atom. The van der Waals surface area contributed by atoms with Crippen LogP contribution in [0.25, 0.3) is 0 Å². The standard InChI is InChI=1S/C12H12ClN3O3S/c13-9-4-3-8(20-9)11(17)14-6-10-15-12(19-16-10)7-2-1-5-18-7/h3-4,7H,1-2,5-6H2,(H,14,17)/t7-/m1/s1. The van der Waals surface area contributed by atoms with Crippen molar-refractivity contribution < 1.29 is 14.1 Å². The van der Waals surface area contributed by atoms with E-state index in [0.29, 0.717) is 20.9 Å². The van der Waals surface area contributed by atoms with Crippen molar-refractivity contribution in [2.45, 2.75) is 25.5 Å².